The zero-order valence-electron chi connectivity index (χ0n) is 9.33. The fraction of sp³-hybridized carbons (Fsp3) is 0.417. The minimum absolute atomic E-state index is 0.0887. The first-order valence-corrected chi connectivity index (χ1v) is 5.13. The molecule has 0 fully saturated rings. The lowest BCUT2D eigenvalue weighted by Crippen LogP contribution is -2.30. The quantitative estimate of drug-likeness (QED) is 0.798. The Labute approximate surface area is 97.4 Å². The molecule has 1 rings (SSSR count). The maximum absolute atomic E-state index is 12.1. The number of alkyl halides is 3. The second kappa shape index (κ2) is 5.82. The Hall–Kier alpha value is -1.36. The minimum atomic E-state index is -4.42. The zero-order chi connectivity index (χ0) is 12.9. The summed E-state index contributed by atoms with van der Waals surface area (Å²) >= 11 is 0. The van der Waals surface area contributed by atoms with Gasteiger partial charge in [0.1, 0.15) is 6.61 Å². The van der Waals surface area contributed by atoms with Gasteiger partial charge in [-0.1, -0.05) is 30.3 Å². The van der Waals surface area contributed by atoms with Crippen LogP contribution in [-0.2, 0) is 16.0 Å². The molecule has 0 amide bonds. The Balaban J connectivity index is 2.36. The van der Waals surface area contributed by atoms with Crippen molar-refractivity contribution in [1.82, 2.24) is 0 Å². The van der Waals surface area contributed by atoms with Crippen LogP contribution in [0.3, 0.4) is 0 Å². The summed E-state index contributed by atoms with van der Waals surface area (Å²) in [6.45, 7) is 0.366. The van der Waals surface area contributed by atoms with E-state index in [2.05, 4.69) is 4.74 Å². The Kier molecular flexibility index (Phi) is 4.69. The van der Waals surface area contributed by atoms with E-state index in [4.69, 9.17) is 0 Å². The normalized spacial score (nSPS) is 13.4. The molecule has 0 bridgehead atoms. The Morgan fingerprint density at radius 3 is 2.41 bits per heavy atom. The predicted molar refractivity (Wildman–Crippen MR) is 56.6 cm³/mol. The lowest BCUT2D eigenvalue weighted by atomic mass is 10.1. The molecular formula is C12H13F3O2. The molecule has 17 heavy (non-hydrogen) atoms. The highest BCUT2D eigenvalue weighted by molar-refractivity contribution is 5.82. The second-order valence-corrected chi connectivity index (χ2v) is 3.70. The summed E-state index contributed by atoms with van der Waals surface area (Å²) in [5.41, 5.74) is 0.765. The second-order valence-electron chi connectivity index (χ2n) is 3.70. The fourth-order valence-electron chi connectivity index (χ4n) is 1.19. The summed E-state index contributed by atoms with van der Waals surface area (Å²) in [5.74, 6) is -0.368. The first kappa shape index (κ1) is 13.7. The van der Waals surface area contributed by atoms with Gasteiger partial charge in [-0.2, -0.15) is 13.2 Å². The molecule has 5 heteroatoms. The Morgan fingerprint density at radius 1 is 1.29 bits per heavy atom. The number of carbonyl (C=O) groups excluding carboxylic acids is 1. The smallest absolute Gasteiger partial charge is 0.361 e. The van der Waals surface area contributed by atoms with E-state index in [-0.39, 0.29) is 12.2 Å². The third-order valence-electron chi connectivity index (χ3n) is 2.20. The van der Waals surface area contributed by atoms with Crippen molar-refractivity contribution < 1.29 is 22.7 Å². The molecule has 1 unspecified atom stereocenters. The van der Waals surface area contributed by atoms with Crippen molar-refractivity contribution in [2.45, 2.75) is 25.6 Å². The summed E-state index contributed by atoms with van der Waals surface area (Å²) in [5, 5.41) is 0. The standard InChI is InChI=1S/C12H13F3O2/c1-9(12(13,14)15)17-8-11(16)7-10-5-3-2-4-6-10/h2-6,9H,7-8H2,1H3. The van der Waals surface area contributed by atoms with E-state index in [0.29, 0.717) is 0 Å². The Morgan fingerprint density at radius 2 is 1.88 bits per heavy atom. The van der Waals surface area contributed by atoms with Crippen molar-refractivity contribution in [2.24, 2.45) is 0 Å². The van der Waals surface area contributed by atoms with E-state index in [0.717, 1.165) is 12.5 Å². The molecule has 0 radical (unpaired) electrons. The molecule has 0 N–H and O–H groups in total. The molecule has 0 saturated heterocycles. The van der Waals surface area contributed by atoms with Crippen LogP contribution in [0.15, 0.2) is 30.3 Å². The molecule has 1 atom stereocenters. The molecular weight excluding hydrogens is 233 g/mol. The van der Waals surface area contributed by atoms with Gasteiger partial charge < -0.3 is 4.74 Å². The maximum atomic E-state index is 12.1. The number of carbonyl (C=O) groups is 1. The summed E-state index contributed by atoms with van der Waals surface area (Å²) in [4.78, 5) is 11.4. The molecule has 0 aliphatic carbocycles. The van der Waals surface area contributed by atoms with Gasteiger partial charge >= 0.3 is 6.18 Å². The predicted octanol–water partition coefficient (Wildman–Crippen LogP) is 2.77. The minimum Gasteiger partial charge on any atom is -0.361 e. The molecule has 0 aliphatic heterocycles. The van der Waals surface area contributed by atoms with Crippen LogP contribution in [0, 0.1) is 0 Å². The monoisotopic (exact) mass is 246 g/mol. The van der Waals surface area contributed by atoms with Gasteiger partial charge in [0.2, 0.25) is 0 Å². The third-order valence-corrected chi connectivity index (χ3v) is 2.20. The molecule has 0 aliphatic rings. The van der Waals surface area contributed by atoms with Gasteiger partial charge in [0.05, 0.1) is 0 Å². The zero-order valence-corrected chi connectivity index (χ0v) is 9.33. The van der Waals surface area contributed by atoms with Crippen molar-refractivity contribution in [1.29, 1.82) is 0 Å². The van der Waals surface area contributed by atoms with Crippen LogP contribution < -0.4 is 0 Å². The van der Waals surface area contributed by atoms with E-state index < -0.39 is 18.9 Å². The van der Waals surface area contributed by atoms with Gasteiger partial charge in [-0.15, -0.1) is 0 Å². The highest BCUT2D eigenvalue weighted by Crippen LogP contribution is 2.22. The van der Waals surface area contributed by atoms with Gasteiger partial charge in [0.25, 0.3) is 0 Å². The number of hydrogen-bond acceptors (Lipinski definition) is 2. The van der Waals surface area contributed by atoms with Crippen molar-refractivity contribution in [3.05, 3.63) is 35.9 Å². The number of rotatable bonds is 5. The van der Waals surface area contributed by atoms with E-state index in [9.17, 15) is 18.0 Å². The lowest BCUT2D eigenvalue weighted by molar-refractivity contribution is -0.213. The van der Waals surface area contributed by atoms with Crippen LogP contribution in [-0.4, -0.2) is 24.7 Å². The maximum Gasteiger partial charge on any atom is 0.414 e. The van der Waals surface area contributed by atoms with Crippen molar-refractivity contribution >= 4 is 5.78 Å². The first-order chi connectivity index (χ1) is 7.89. The number of benzene rings is 1. The van der Waals surface area contributed by atoms with Crippen molar-refractivity contribution in [3.8, 4) is 0 Å². The molecule has 1 aromatic carbocycles. The van der Waals surface area contributed by atoms with Gasteiger partial charge in [-0.25, -0.2) is 0 Å². The molecule has 1 aromatic rings. The highest BCUT2D eigenvalue weighted by atomic mass is 19.4. The van der Waals surface area contributed by atoms with Crippen molar-refractivity contribution in [2.75, 3.05) is 6.61 Å². The molecule has 2 nitrogen and oxygen atoms in total. The average molecular weight is 246 g/mol. The summed E-state index contributed by atoms with van der Waals surface area (Å²) in [6, 6.07) is 8.82. The molecule has 0 saturated carbocycles. The molecule has 94 valence electrons. The summed E-state index contributed by atoms with van der Waals surface area (Å²) < 4.78 is 40.7. The molecule has 0 aromatic heterocycles. The summed E-state index contributed by atoms with van der Waals surface area (Å²) in [7, 11) is 0. The van der Waals surface area contributed by atoms with Gasteiger partial charge in [0.15, 0.2) is 11.9 Å². The SMILES string of the molecule is CC(OCC(=O)Cc1ccccc1)C(F)(F)F. The number of ketones is 1. The van der Waals surface area contributed by atoms with Crippen LogP contribution in [0.1, 0.15) is 12.5 Å². The average Bonchev–Trinajstić information content (AvgIpc) is 2.26. The van der Waals surface area contributed by atoms with Crippen LogP contribution in [0.25, 0.3) is 0 Å². The topological polar surface area (TPSA) is 26.3 Å². The van der Waals surface area contributed by atoms with Crippen LogP contribution >= 0.6 is 0 Å². The van der Waals surface area contributed by atoms with E-state index >= 15 is 0 Å². The van der Waals surface area contributed by atoms with Crippen molar-refractivity contribution in [3.63, 3.8) is 0 Å². The lowest BCUT2D eigenvalue weighted by Gasteiger charge is -2.15. The number of hydrogen-bond donors (Lipinski definition) is 0. The van der Waals surface area contributed by atoms with E-state index in [1.807, 2.05) is 0 Å². The van der Waals surface area contributed by atoms with E-state index in [1.165, 1.54) is 0 Å². The Bertz CT molecular complexity index is 360. The third kappa shape index (κ3) is 4.99. The van der Waals surface area contributed by atoms with Crippen LogP contribution in [0.5, 0.6) is 0 Å². The molecule has 0 heterocycles. The fourth-order valence-corrected chi connectivity index (χ4v) is 1.19. The van der Waals surface area contributed by atoms with Crippen LogP contribution in [0.2, 0.25) is 0 Å². The molecule has 0 spiro atoms. The summed E-state index contributed by atoms with van der Waals surface area (Å²) in [6.07, 6.45) is -6.25. The van der Waals surface area contributed by atoms with Gasteiger partial charge in [-0.3, -0.25) is 4.79 Å². The largest absolute Gasteiger partial charge is 0.414 e. The van der Waals surface area contributed by atoms with Gasteiger partial charge in [0, 0.05) is 6.42 Å². The van der Waals surface area contributed by atoms with Crippen LogP contribution in [0.4, 0.5) is 13.2 Å². The van der Waals surface area contributed by atoms with E-state index in [1.54, 1.807) is 30.3 Å². The number of halogens is 3. The highest BCUT2D eigenvalue weighted by Gasteiger charge is 2.37. The number of Topliss-reactive ketones (excluding diaryl/α,β-unsaturated/α-hetero) is 1. The van der Waals surface area contributed by atoms with Gasteiger partial charge in [-0.05, 0) is 12.5 Å². The first-order valence-electron chi connectivity index (χ1n) is 5.13. The number of ether oxygens (including phenoxy) is 1.